The van der Waals surface area contributed by atoms with Gasteiger partial charge in [0.1, 0.15) is 0 Å². The van der Waals surface area contributed by atoms with E-state index in [2.05, 4.69) is 13.2 Å². The van der Waals surface area contributed by atoms with E-state index in [0.717, 1.165) is 0 Å². The molecule has 2 aliphatic carbocycles. The maximum atomic E-state index is 15.0. The summed E-state index contributed by atoms with van der Waals surface area (Å²) in [5.41, 5.74) is 0.632. The second kappa shape index (κ2) is 11.9. The number of aliphatic hydroxyl groups is 1. The predicted octanol–water partition coefficient (Wildman–Crippen LogP) is 7.01. The van der Waals surface area contributed by atoms with E-state index >= 15 is 0 Å². The minimum Gasteiger partial charge on any atom is -0.491 e. The summed E-state index contributed by atoms with van der Waals surface area (Å²) < 4.78 is 67.7. The third-order valence-corrected chi connectivity index (χ3v) is 7.00. The van der Waals surface area contributed by atoms with E-state index < -0.39 is 46.7 Å². The lowest BCUT2D eigenvalue weighted by Gasteiger charge is -2.29. The first-order chi connectivity index (χ1) is 16.6. The fourth-order valence-electron chi connectivity index (χ4n) is 4.97. The number of carbonyl (C=O) groups is 1. The quantitative estimate of drug-likeness (QED) is 0.182. The van der Waals surface area contributed by atoms with Crippen LogP contribution in [0.2, 0.25) is 0 Å². The number of hydrogen-bond acceptors (Lipinski definition) is 4. The first-order valence-electron chi connectivity index (χ1n) is 12.1. The Labute approximate surface area is 203 Å². The molecule has 35 heavy (non-hydrogen) atoms. The molecule has 1 aromatic rings. The highest BCUT2D eigenvalue weighted by atomic mass is 19.2. The van der Waals surface area contributed by atoms with Gasteiger partial charge in [0.15, 0.2) is 23.2 Å². The smallest absolute Gasteiger partial charge is 0.314 e. The molecule has 4 nitrogen and oxygen atoms in total. The van der Waals surface area contributed by atoms with Crippen LogP contribution in [0.5, 0.6) is 0 Å². The highest BCUT2D eigenvalue weighted by Crippen LogP contribution is 2.41. The molecule has 2 saturated carbocycles. The fraction of sp³-hybridized carbons (Fsp3) is 0.519. The third kappa shape index (κ3) is 6.34. The van der Waals surface area contributed by atoms with E-state index in [9.17, 15) is 27.5 Å². The molecule has 192 valence electrons. The molecule has 8 heteroatoms. The van der Waals surface area contributed by atoms with E-state index in [0.29, 0.717) is 56.9 Å². The van der Waals surface area contributed by atoms with E-state index in [1.54, 1.807) is 19.1 Å². The van der Waals surface area contributed by atoms with E-state index in [-0.39, 0.29) is 30.1 Å². The van der Waals surface area contributed by atoms with Crippen molar-refractivity contribution in [1.82, 2.24) is 0 Å². The van der Waals surface area contributed by atoms with Crippen LogP contribution in [0.1, 0.15) is 81.3 Å². The van der Waals surface area contributed by atoms with Gasteiger partial charge in [-0.15, -0.1) is 0 Å². The molecule has 0 bridgehead atoms. The van der Waals surface area contributed by atoms with Gasteiger partial charge in [-0.1, -0.05) is 25.3 Å². The van der Waals surface area contributed by atoms with Crippen LogP contribution < -0.4 is 0 Å². The fourth-order valence-corrected chi connectivity index (χ4v) is 4.97. The van der Waals surface area contributed by atoms with Crippen LogP contribution in [0.25, 0.3) is 0 Å². The Morgan fingerprint density at radius 2 is 1.34 bits per heavy atom. The molecule has 3 rings (SSSR count). The van der Waals surface area contributed by atoms with Crippen molar-refractivity contribution in [3.8, 4) is 0 Å². The number of halogens is 4. The summed E-state index contributed by atoms with van der Waals surface area (Å²) >= 11 is 0. The van der Waals surface area contributed by atoms with Gasteiger partial charge < -0.3 is 14.6 Å². The van der Waals surface area contributed by atoms with Crippen LogP contribution in [-0.2, 0) is 14.3 Å². The normalized spacial score (nSPS) is 25.4. The Kier molecular flexibility index (Phi) is 9.16. The molecule has 0 spiro atoms. The maximum absolute atomic E-state index is 15.0. The lowest BCUT2D eigenvalue weighted by Crippen LogP contribution is -2.24. The molecule has 2 fully saturated rings. The van der Waals surface area contributed by atoms with Gasteiger partial charge in [-0.05, 0) is 81.3 Å². The number of rotatable bonds is 8. The van der Waals surface area contributed by atoms with E-state index in [4.69, 9.17) is 9.47 Å². The van der Waals surface area contributed by atoms with Crippen molar-refractivity contribution in [3.05, 3.63) is 71.2 Å². The van der Waals surface area contributed by atoms with Crippen molar-refractivity contribution >= 4 is 5.97 Å². The van der Waals surface area contributed by atoms with Crippen molar-refractivity contribution < 1.29 is 36.9 Å². The van der Waals surface area contributed by atoms with Crippen molar-refractivity contribution in [3.63, 3.8) is 0 Å². The topological polar surface area (TPSA) is 55.8 Å². The van der Waals surface area contributed by atoms with Gasteiger partial charge >= 0.3 is 5.97 Å². The molecule has 0 aromatic heterocycles. The predicted molar refractivity (Wildman–Crippen MR) is 124 cm³/mol. The number of carbonyl (C=O) groups excluding carboxylic acids is 1. The van der Waals surface area contributed by atoms with Crippen LogP contribution >= 0.6 is 0 Å². The summed E-state index contributed by atoms with van der Waals surface area (Å²) in [4.78, 5) is 12.4. The number of esters is 1. The minimum atomic E-state index is -1.46. The molecular formula is C27H32F4O4. The molecule has 0 aliphatic heterocycles. The summed E-state index contributed by atoms with van der Waals surface area (Å²) in [6, 6.07) is 3.26. The van der Waals surface area contributed by atoms with E-state index in [1.807, 2.05) is 0 Å². The molecule has 0 saturated heterocycles. The lowest BCUT2D eigenvalue weighted by molar-refractivity contribution is -0.145. The minimum absolute atomic E-state index is 0.0903. The molecule has 0 atom stereocenters. The van der Waals surface area contributed by atoms with Crippen molar-refractivity contribution in [2.24, 2.45) is 5.92 Å². The molecule has 0 unspecified atom stereocenters. The number of benzene rings is 1. The molecule has 0 amide bonds. The second-order valence-electron chi connectivity index (χ2n) is 9.25. The standard InChI is InChI=1S/C27H32F4O4/c1-4-34-15(2)23(28)24(29)16(3)35-27(33)19-7-5-17(6-8-19)21-13-14-22(26(31)25(21)30)18-9-11-20(32)12-10-18/h13-14,17-20,32H,2-12H2,1H3/b24-23-. The summed E-state index contributed by atoms with van der Waals surface area (Å²) in [5, 5.41) is 9.66. The Bertz CT molecular complexity index is 987. The van der Waals surface area contributed by atoms with Gasteiger partial charge in [-0.2, -0.15) is 8.78 Å². The average Bonchev–Trinajstić information content (AvgIpc) is 2.85. The van der Waals surface area contributed by atoms with Crippen LogP contribution in [0.15, 0.2) is 48.5 Å². The van der Waals surface area contributed by atoms with Crippen molar-refractivity contribution in [1.29, 1.82) is 0 Å². The molecule has 2 aliphatic rings. The second-order valence-corrected chi connectivity index (χ2v) is 9.25. The molecular weight excluding hydrogens is 464 g/mol. The SMILES string of the molecule is C=C(OCC)/C(F)=C(/F)C(=C)OC(=O)C1CCC(c2ccc(C3CCC(O)CC3)c(F)c2F)CC1. The highest BCUT2D eigenvalue weighted by molar-refractivity contribution is 5.74. The average molecular weight is 497 g/mol. The zero-order chi connectivity index (χ0) is 25.7. The molecule has 1 aromatic carbocycles. The number of aliphatic hydroxyl groups excluding tert-OH is 1. The van der Waals surface area contributed by atoms with Gasteiger partial charge in [0.25, 0.3) is 0 Å². The third-order valence-electron chi connectivity index (χ3n) is 7.00. The Morgan fingerprint density at radius 1 is 0.886 bits per heavy atom. The monoisotopic (exact) mass is 496 g/mol. The van der Waals surface area contributed by atoms with Gasteiger partial charge in [-0.3, -0.25) is 4.79 Å². The number of ether oxygens (including phenoxy) is 2. The first-order valence-corrected chi connectivity index (χ1v) is 12.1. The molecule has 1 N–H and O–H groups in total. The summed E-state index contributed by atoms with van der Waals surface area (Å²) in [7, 11) is 0. The maximum Gasteiger partial charge on any atom is 0.314 e. The zero-order valence-electron chi connectivity index (χ0n) is 19.9. The number of hydrogen-bond donors (Lipinski definition) is 1. The lowest BCUT2D eigenvalue weighted by atomic mass is 9.77. The van der Waals surface area contributed by atoms with Crippen LogP contribution in [0, 0.1) is 17.6 Å². The Hall–Kier alpha value is -2.61. The van der Waals surface area contributed by atoms with Gasteiger partial charge in [0.05, 0.1) is 18.6 Å². The van der Waals surface area contributed by atoms with Gasteiger partial charge in [0, 0.05) is 0 Å². The molecule has 0 radical (unpaired) electrons. The Morgan fingerprint density at radius 3 is 1.83 bits per heavy atom. The summed E-state index contributed by atoms with van der Waals surface area (Å²) in [6.07, 6.45) is 3.53. The summed E-state index contributed by atoms with van der Waals surface area (Å²) in [6.45, 7) is 8.20. The van der Waals surface area contributed by atoms with Gasteiger partial charge in [0.2, 0.25) is 11.7 Å². The summed E-state index contributed by atoms with van der Waals surface area (Å²) in [5.74, 6) is -7.54. The van der Waals surface area contributed by atoms with Crippen LogP contribution in [-0.4, -0.2) is 23.8 Å². The van der Waals surface area contributed by atoms with Crippen LogP contribution in [0.3, 0.4) is 0 Å². The highest BCUT2D eigenvalue weighted by Gasteiger charge is 2.32. The zero-order valence-corrected chi connectivity index (χ0v) is 19.9. The van der Waals surface area contributed by atoms with Crippen LogP contribution in [0.4, 0.5) is 17.6 Å². The first kappa shape index (κ1) is 27.0. The van der Waals surface area contributed by atoms with E-state index in [1.165, 1.54) is 0 Å². The largest absolute Gasteiger partial charge is 0.491 e. The Balaban J connectivity index is 1.59. The van der Waals surface area contributed by atoms with Gasteiger partial charge in [-0.25, -0.2) is 8.78 Å². The molecule has 0 heterocycles. The van der Waals surface area contributed by atoms with Crippen molar-refractivity contribution in [2.45, 2.75) is 76.2 Å². The van der Waals surface area contributed by atoms with Crippen molar-refractivity contribution in [2.75, 3.05) is 6.61 Å². The number of allylic oxidation sites excluding steroid dienone is 2.